The second-order valence-corrected chi connectivity index (χ2v) is 11.7. The molecule has 0 unspecified atom stereocenters. The summed E-state index contributed by atoms with van der Waals surface area (Å²) in [5, 5.41) is 0. The number of aryl methyl sites for hydroxylation is 1. The van der Waals surface area contributed by atoms with E-state index >= 15 is 0 Å². The van der Waals surface area contributed by atoms with Crippen molar-refractivity contribution in [3.05, 3.63) is 35.4 Å². The molecule has 0 amide bonds. The third-order valence-corrected chi connectivity index (χ3v) is 8.53. The van der Waals surface area contributed by atoms with E-state index in [-0.39, 0.29) is 0 Å². The van der Waals surface area contributed by atoms with Crippen molar-refractivity contribution >= 4 is 10.0 Å². The van der Waals surface area contributed by atoms with Gasteiger partial charge in [0.2, 0.25) is 10.0 Å². The lowest BCUT2D eigenvalue weighted by atomic mass is 10.1. The number of likely N-dealkylation sites (N-methyl/N-ethyl adjacent to an activating group) is 1. The summed E-state index contributed by atoms with van der Waals surface area (Å²) >= 11 is 0. The van der Waals surface area contributed by atoms with Crippen LogP contribution in [0.15, 0.2) is 24.3 Å². The molecule has 5 heteroatoms. The maximum Gasteiger partial charge on any atom is 0.214 e. The average Bonchev–Trinajstić information content (AvgIpc) is 2.69. The Morgan fingerprint density at radius 1 is 0.900 bits per heavy atom. The van der Waals surface area contributed by atoms with Crippen LogP contribution in [0.1, 0.15) is 82.3 Å². The topological polar surface area (TPSA) is 37.4 Å². The van der Waals surface area contributed by atoms with Crippen molar-refractivity contribution in [3.63, 3.8) is 0 Å². The van der Waals surface area contributed by atoms with Gasteiger partial charge in [0.15, 0.2) is 0 Å². The first kappa shape index (κ1) is 25.4. The molecule has 1 aliphatic heterocycles. The minimum Gasteiger partial charge on any atom is -0.320 e. The molecule has 1 heterocycles. The lowest BCUT2D eigenvalue weighted by Crippen LogP contribution is -2.57. The quantitative estimate of drug-likeness (QED) is 0.284. The molecule has 0 saturated carbocycles. The number of quaternary nitrogens is 1. The molecule has 1 aromatic carbocycles. The largest absolute Gasteiger partial charge is 0.320 e. The summed E-state index contributed by atoms with van der Waals surface area (Å²) in [6.45, 7) is 8.46. The van der Waals surface area contributed by atoms with Crippen LogP contribution >= 0.6 is 0 Å². The number of hydrogen-bond acceptors (Lipinski definition) is 2. The highest BCUT2D eigenvalue weighted by Crippen LogP contribution is 2.19. The highest BCUT2D eigenvalue weighted by molar-refractivity contribution is 7.89. The zero-order valence-corrected chi connectivity index (χ0v) is 20.6. The maximum absolute atomic E-state index is 12.8. The number of piperazine rings is 1. The highest BCUT2D eigenvalue weighted by atomic mass is 32.2. The molecule has 0 aliphatic carbocycles. The zero-order chi connectivity index (χ0) is 21.9. The number of benzene rings is 1. The molecule has 0 bridgehead atoms. The molecule has 0 radical (unpaired) electrons. The Kier molecular flexibility index (Phi) is 10.8. The van der Waals surface area contributed by atoms with Crippen LogP contribution in [-0.4, -0.2) is 56.2 Å². The fourth-order valence-electron chi connectivity index (χ4n) is 4.52. The molecule has 30 heavy (non-hydrogen) atoms. The van der Waals surface area contributed by atoms with Gasteiger partial charge >= 0.3 is 0 Å². The first-order valence-corrected chi connectivity index (χ1v) is 13.8. The standard InChI is InChI=1S/C25H45N2O2S/c1-4-5-6-7-8-9-10-11-12-13-21-30(28,29)26-17-19-27(3,20-18-26)23-25-16-14-15-24(2)22-25/h14-16,22H,4-13,17-21,23H2,1-3H3/q+1. The Hall–Kier alpha value is -0.910. The van der Waals surface area contributed by atoms with Crippen molar-refractivity contribution < 1.29 is 12.9 Å². The summed E-state index contributed by atoms with van der Waals surface area (Å²) in [4.78, 5) is 0. The van der Waals surface area contributed by atoms with E-state index in [0.717, 1.165) is 37.0 Å². The van der Waals surface area contributed by atoms with Crippen molar-refractivity contribution in [2.45, 2.75) is 84.6 Å². The van der Waals surface area contributed by atoms with E-state index in [1.54, 1.807) is 4.31 Å². The Labute approximate surface area is 186 Å². The summed E-state index contributed by atoms with van der Waals surface area (Å²) in [6.07, 6.45) is 12.3. The molecule has 172 valence electrons. The summed E-state index contributed by atoms with van der Waals surface area (Å²) in [5.41, 5.74) is 2.64. The van der Waals surface area contributed by atoms with Crippen LogP contribution in [0.5, 0.6) is 0 Å². The third-order valence-electron chi connectivity index (χ3n) is 6.57. The van der Waals surface area contributed by atoms with Gasteiger partial charge in [-0.15, -0.1) is 0 Å². The lowest BCUT2D eigenvalue weighted by Gasteiger charge is -2.41. The second-order valence-electron chi connectivity index (χ2n) is 9.61. The minimum absolute atomic E-state index is 0.324. The summed E-state index contributed by atoms with van der Waals surface area (Å²) in [7, 11) is -0.839. The van der Waals surface area contributed by atoms with Gasteiger partial charge in [0.05, 0.1) is 39.0 Å². The molecule has 0 N–H and O–H groups in total. The minimum atomic E-state index is -3.10. The van der Waals surface area contributed by atoms with Crippen molar-refractivity contribution in [1.29, 1.82) is 0 Å². The molecule has 1 aliphatic rings. The van der Waals surface area contributed by atoms with Crippen molar-refractivity contribution in [1.82, 2.24) is 4.31 Å². The maximum atomic E-state index is 12.8. The fraction of sp³-hybridized carbons (Fsp3) is 0.760. The van der Waals surface area contributed by atoms with Gasteiger partial charge in [-0.2, -0.15) is 4.31 Å². The fourth-order valence-corrected chi connectivity index (χ4v) is 6.06. The Balaban J connectivity index is 1.63. The molecule has 0 aromatic heterocycles. The summed E-state index contributed by atoms with van der Waals surface area (Å²) in [5.74, 6) is 0.324. The van der Waals surface area contributed by atoms with E-state index in [2.05, 4.69) is 45.2 Å². The van der Waals surface area contributed by atoms with Crippen LogP contribution in [0.3, 0.4) is 0 Å². The molecule has 4 nitrogen and oxygen atoms in total. The van der Waals surface area contributed by atoms with Gasteiger partial charge in [-0.25, -0.2) is 8.42 Å². The normalized spacial score (nSPS) is 17.3. The van der Waals surface area contributed by atoms with Gasteiger partial charge in [-0.1, -0.05) is 94.5 Å². The average molecular weight is 438 g/mol. The lowest BCUT2D eigenvalue weighted by molar-refractivity contribution is -0.925. The summed E-state index contributed by atoms with van der Waals surface area (Å²) < 4.78 is 28.2. The van der Waals surface area contributed by atoms with E-state index in [4.69, 9.17) is 0 Å². The Bertz CT molecular complexity index is 710. The number of sulfonamides is 1. The Morgan fingerprint density at radius 3 is 2.03 bits per heavy atom. The molecule has 1 saturated heterocycles. The molecule has 1 fully saturated rings. The first-order chi connectivity index (χ1) is 14.3. The van der Waals surface area contributed by atoms with Gasteiger partial charge < -0.3 is 4.48 Å². The number of unbranched alkanes of at least 4 members (excludes halogenated alkanes) is 9. The smallest absolute Gasteiger partial charge is 0.214 e. The van der Waals surface area contributed by atoms with E-state index in [0.29, 0.717) is 18.8 Å². The van der Waals surface area contributed by atoms with Crippen LogP contribution in [-0.2, 0) is 16.6 Å². The van der Waals surface area contributed by atoms with Gasteiger partial charge in [0, 0.05) is 5.56 Å². The Morgan fingerprint density at radius 2 is 1.47 bits per heavy atom. The number of nitrogens with zero attached hydrogens (tertiary/aromatic N) is 2. The van der Waals surface area contributed by atoms with E-state index in [1.165, 1.54) is 62.5 Å². The third kappa shape index (κ3) is 9.07. The van der Waals surface area contributed by atoms with Crippen LogP contribution in [0.4, 0.5) is 0 Å². The van der Waals surface area contributed by atoms with E-state index < -0.39 is 10.0 Å². The molecular weight excluding hydrogens is 392 g/mol. The van der Waals surface area contributed by atoms with E-state index in [9.17, 15) is 8.42 Å². The number of rotatable bonds is 14. The van der Waals surface area contributed by atoms with Crippen molar-refractivity contribution in [3.8, 4) is 0 Å². The van der Waals surface area contributed by atoms with Gasteiger partial charge in [-0.3, -0.25) is 0 Å². The highest BCUT2D eigenvalue weighted by Gasteiger charge is 2.34. The van der Waals surface area contributed by atoms with Crippen molar-refractivity contribution in [2.24, 2.45) is 0 Å². The molecule has 1 aromatic rings. The van der Waals surface area contributed by atoms with Crippen LogP contribution in [0.25, 0.3) is 0 Å². The van der Waals surface area contributed by atoms with Gasteiger partial charge in [-0.05, 0) is 13.3 Å². The molecule has 0 atom stereocenters. The predicted octanol–water partition coefficient (Wildman–Crippen LogP) is 5.51. The predicted molar refractivity (Wildman–Crippen MR) is 128 cm³/mol. The molecule has 0 spiro atoms. The van der Waals surface area contributed by atoms with E-state index in [1.807, 2.05) is 0 Å². The van der Waals surface area contributed by atoms with Gasteiger partial charge in [0.25, 0.3) is 0 Å². The first-order valence-electron chi connectivity index (χ1n) is 12.2. The molecular formula is C25H45N2O2S+. The number of hydrogen-bond donors (Lipinski definition) is 0. The zero-order valence-electron chi connectivity index (χ0n) is 19.7. The van der Waals surface area contributed by atoms with Crippen LogP contribution < -0.4 is 0 Å². The van der Waals surface area contributed by atoms with Gasteiger partial charge in [0.1, 0.15) is 6.54 Å². The second kappa shape index (κ2) is 12.8. The summed E-state index contributed by atoms with van der Waals surface area (Å²) in [6, 6.07) is 8.67. The van der Waals surface area contributed by atoms with Crippen molar-refractivity contribution in [2.75, 3.05) is 39.0 Å². The molecule has 2 rings (SSSR count). The monoisotopic (exact) mass is 437 g/mol. The van der Waals surface area contributed by atoms with Crippen LogP contribution in [0, 0.1) is 6.92 Å². The van der Waals surface area contributed by atoms with Crippen LogP contribution in [0.2, 0.25) is 0 Å². The SMILES string of the molecule is CCCCCCCCCCCCS(=O)(=O)N1CC[N+](C)(Cc2cccc(C)c2)CC1.